The predicted molar refractivity (Wildman–Crippen MR) is 64.9 cm³/mol. The van der Waals surface area contributed by atoms with Gasteiger partial charge in [-0.05, 0) is 30.7 Å². The van der Waals surface area contributed by atoms with Crippen LogP contribution in [0.4, 0.5) is 0 Å². The molecule has 0 spiro atoms. The molecule has 1 atom stereocenters. The van der Waals surface area contributed by atoms with Crippen molar-refractivity contribution in [2.45, 2.75) is 25.3 Å². The summed E-state index contributed by atoms with van der Waals surface area (Å²) in [7, 11) is -2.83. The summed E-state index contributed by atoms with van der Waals surface area (Å²) in [4.78, 5) is 1.27. The fourth-order valence-corrected chi connectivity index (χ4v) is 2.89. The van der Waals surface area contributed by atoms with Crippen LogP contribution in [0.15, 0.2) is 17.5 Å². The third-order valence-electron chi connectivity index (χ3n) is 2.13. The highest BCUT2D eigenvalue weighted by molar-refractivity contribution is 7.90. The first-order valence-corrected chi connectivity index (χ1v) is 7.87. The van der Waals surface area contributed by atoms with Crippen molar-refractivity contribution >= 4 is 21.2 Å². The van der Waals surface area contributed by atoms with Crippen LogP contribution >= 0.6 is 11.3 Å². The van der Waals surface area contributed by atoms with E-state index in [1.807, 2.05) is 11.4 Å². The van der Waals surface area contributed by atoms with E-state index in [2.05, 4.69) is 6.07 Å². The summed E-state index contributed by atoms with van der Waals surface area (Å²) in [5.74, 6) is 0.241. The van der Waals surface area contributed by atoms with E-state index in [-0.39, 0.29) is 11.8 Å². The van der Waals surface area contributed by atoms with Crippen LogP contribution in [0.2, 0.25) is 0 Å². The van der Waals surface area contributed by atoms with Crippen molar-refractivity contribution < 1.29 is 8.42 Å². The summed E-state index contributed by atoms with van der Waals surface area (Å²) in [5, 5.41) is 2.03. The van der Waals surface area contributed by atoms with Crippen LogP contribution in [-0.4, -0.2) is 26.5 Å². The molecule has 0 fully saturated rings. The maximum atomic E-state index is 10.9. The molecule has 0 aliphatic heterocycles. The molecule has 86 valence electrons. The van der Waals surface area contributed by atoms with Gasteiger partial charge in [-0.3, -0.25) is 0 Å². The summed E-state index contributed by atoms with van der Waals surface area (Å²) in [6.45, 7) is 0. The van der Waals surface area contributed by atoms with Gasteiger partial charge in [-0.1, -0.05) is 6.07 Å². The molecule has 0 aliphatic rings. The standard InChI is InChI=1S/C10H17NO2S2/c1-15(12,13)7-3-4-9(11)8-10-5-2-6-14-10/h2,5-6,9H,3-4,7-8,11H2,1H3. The van der Waals surface area contributed by atoms with Crippen molar-refractivity contribution in [3.63, 3.8) is 0 Å². The van der Waals surface area contributed by atoms with Crippen LogP contribution in [-0.2, 0) is 16.3 Å². The third kappa shape index (κ3) is 5.92. The van der Waals surface area contributed by atoms with Crippen LogP contribution in [0.25, 0.3) is 0 Å². The van der Waals surface area contributed by atoms with E-state index in [9.17, 15) is 8.42 Å². The van der Waals surface area contributed by atoms with Crippen LogP contribution in [0.5, 0.6) is 0 Å². The maximum absolute atomic E-state index is 10.9. The number of rotatable bonds is 6. The minimum Gasteiger partial charge on any atom is -0.327 e. The second kappa shape index (κ2) is 5.63. The number of nitrogens with two attached hydrogens (primary N) is 1. The van der Waals surface area contributed by atoms with Crippen molar-refractivity contribution in [1.29, 1.82) is 0 Å². The van der Waals surface area contributed by atoms with Gasteiger partial charge < -0.3 is 5.73 Å². The lowest BCUT2D eigenvalue weighted by molar-refractivity contribution is 0.579. The molecule has 0 aliphatic carbocycles. The van der Waals surface area contributed by atoms with Crippen LogP contribution in [0, 0.1) is 0 Å². The lowest BCUT2D eigenvalue weighted by atomic mass is 10.1. The molecule has 0 amide bonds. The zero-order valence-corrected chi connectivity index (χ0v) is 10.5. The molecule has 0 aromatic carbocycles. The van der Waals surface area contributed by atoms with Crippen molar-refractivity contribution in [1.82, 2.24) is 0 Å². The number of hydrogen-bond donors (Lipinski definition) is 1. The fourth-order valence-electron chi connectivity index (χ4n) is 1.40. The molecular formula is C10H17NO2S2. The van der Waals surface area contributed by atoms with Gasteiger partial charge in [0.05, 0.1) is 0 Å². The van der Waals surface area contributed by atoms with E-state index in [4.69, 9.17) is 5.73 Å². The van der Waals surface area contributed by atoms with Gasteiger partial charge in [0.25, 0.3) is 0 Å². The molecule has 0 saturated heterocycles. The highest BCUT2D eigenvalue weighted by atomic mass is 32.2. The molecule has 15 heavy (non-hydrogen) atoms. The van der Waals surface area contributed by atoms with E-state index < -0.39 is 9.84 Å². The Balaban J connectivity index is 2.22. The smallest absolute Gasteiger partial charge is 0.147 e. The highest BCUT2D eigenvalue weighted by Gasteiger charge is 2.07. The van der Waals surface area contributed by atoms with E-state index in [1.165, 1.54) is 11.1 Å². The molecule has 3 nitrogen and oxygen atoms in total. The van der Waals surface area contributed by atoms with Crippen LogP contribution in [0.3, 0.4) is 0 Å². The minimum absolute atomic E-state index is 0.0744. The summed E-state index contributed by atoms with van der Waals surface area (Å²) < 4.78 is 21.8. The van der Waals surface area contributed by atoms with Gasteiger partial charge in [-0.25, -0.2) is 8.42 Å². The zero-order chi connectivity index (χ0) is 11.3. The first-order valence-electron chi connectivity index (χ1n) is 4.93. The van der Waals surface area contributed by atoms with Crippen molar-refractivity contribution in [3.8, 4) is 0 Å². The SMILES string of the molecule is CS(=O)(=O)CCCC(N)Cc1cccs1. The van der Waals surface area contributed by atoms with E-state index in [0.717, 1.165) is 12.8 Å². The van der Waals surface area contributed by atoms with Gasteiger partial charge in [-0.15, -0.1) is 11.3 Å². The lowest BCUT2D eigenvalue weighted by Gasteiger charge is -2.09. The average molecular weight is 247 g/mol. The molecule has 5 heteroatoms. The number of thiophene rings is 1. The molecular weight excluding hydrogens is 230 g/mol. The minimum atomic E-state index is -2.83. The molecule has 1 aromatic rings. The second-order valence-electron chi connectivity index (χ2n) is 3.82. The molecule has 0 saturated carbocycles. The Morgan fingerprint density at radius 1 is 1.53 bits per heavy atom. The summed E-state index contributed by atoms with van der Waals surface area (Å²) in [6, 6.07) is 4.13. The quantitative estimate of drug-likeness (QED) is 0.827. The lowest BCUT2D eigenvalue weighted by Crippen LogP contribution is -2.23. The van der Waals surface area contributed by atoms with Crippen molar-refractivity contribution in [2.24, 2.45) is 5.73 Å². The second-order valence-corrected chi connectivity index (χ2v) is 7.11. The molecule has 2 N–H and O–H groups in total. The van der Waals surface area contributed by atoms with Gasteiger partial charge in [0.15, 0.2) is 0 Å². The first-order chi connectivity index (χ1) is 6.97. The normalized spacial score (nSPS) is 14.0. The molecule has 1 unspecified atom stereocenters. The van der Waals surface area contributed by atoms with Gasteiger partial charge in [-0.2, -0.15) is 0 Å². The van der Waals surface area contributed by atoms with E-state index in [0.29, 0.717) is 6.42 Å². The van der Waals surface area contributed by atoms with Crippen molar-refractivity contribution in [2.75, 3.05) is 12.0 Å². The van der Waals surface area contributed by atoms with Crippen LogP contribution in [0.1, 0.15) is 17.7 Å². The van der Waals surface area contributed by atoms with Crippen LogP contribution < -0.4 is 5.73 Å². The van der Waals surface area contributed by atoms with Gasteiger partial charge in [0.2, 0.25) is 0 Å². The Bertz CT molecular complexity index is 370. The Morgan fingerprint density at radius 3 is 2.80 bits per heavy atom. The van der Waals surface area contributed by atoms with Gasteiger partial charge in [0, 0.05) is 22.9 Å². The first kappa shape index (κ1) is 12.7. The molecule has 1 aromatic heterocycles. The highest BCUT2D eigenvalue weighted by Crippen LogP contribution is 2.12. The summed E-state index contributed by atoms with van der Waals surface area (Å²) in [6.07, 6.45) is 3.54. The molecule has 1 rings (SSSR count). The Kier molecular flexibility index (Phi) is 4.76. The molecule has 0 radical (unpaired) electrons. The Morgan fingerprint density at radius 2 is 2.27 bits per heavy atom. The van der Waals surface area contributed by atoms with E-state index >= 15 is 0 Å². The predicted octanol–water partition coefficient (Wildman–Crippen LogP) is 1.44. The third-order valence-corrected chi connectivity index (χ3v) is 4.06. The van der Waals surface area contributed by atoms with Gasteiger partial charge >= 0.3 is 0 Å². The van der Waals surface area contributed by atoms with E-state index in [1.54, 1.807) is 11.3 Å². The molecule has 1 heterocycles. The molecule has 0 bridgehead atoms. The number of hydrogen-bond acceptors (Lipinski definition) is 4. The largest absolute Gasteiger partial charge is 0.327 e. The van der Waals surface area contributed by atoms with Gasteiger partial charge in [0.1, 0.15) is 9.84 Å². The maximum Gasteiger partial charge on any atom is 0.147 e. The number of sulfone groups is 1. The monoisotopic (exact) mass is 247 g/mol. The Labute approximate surface area is 95.2 Å². The fraction of sp³-hybridized carbons (Fsp3) is 0.600. The zero-order valence-electron chi connectivity index (χ0n) is 8.85. The summed E-state index contributed by atoms with van der Waals surface area (Å²) >= 11 is 1.69. The van der Waals surface area contributed by atoms with Crippen molar-refractivity contribution in [3.05, 3.63) is 22.4 Å². The Hall–Kier alpha value is -0.390. The average Bonchev–Trinajstić information content (AvgIpc) is 2.54. The topological polar surface area (TPSA) is 60.2 Å². The summed E-state index contributed by atoms with van der Waals surface area (Å²) in [5.41, 5.74) is 5.91.